The smallest absolute Gasteiger partial charge is 0.213 e. The number of aromatic nitrogens is 1. The maximum atomic E-state index is 9.70. The van der Waals surface area contributed by atoms with Crippen molar-refractivity contribution in [1.29, 1.82) is 0 Å². The van der Waals surface area contributed by atoms with E-state index in [1.807, 2.05) is 12.1 Å². The Morgan fingerprint density at radius 1 is 0.692 bits per heavy atom. The minimum atomic E-state index is 0.0999. The average Bonchev–Trinajstić information content (AvgIpc) is 3.24. The van der Waals surface area contributed by atoms with Gasteiger partial charge in [-0.15, -0.1) is 11.3 Å². The summed E-state index contributed by atoms with van der Waals surface area (Å²) in [7, 11) is 0. The number of aliphatic hydroxyl groups is 1. The summed E-state index contributed by atoms with van der Waals surface area (Å²) >= 11 is 1.74. The van der Waals surface area contributed by atoms with E-state index in [1.54, 1.807) is 11.3 Å². The third-order valence-corrected chi connectivity index (χ3v) is 5.35. The molecule has 0 aliphatic heterocycles. The highest BCUT2D eigenvalue weighted by molar-refractivity contribution is 7.13. The van der Waals surface area contributed by atoms with E-state index in [0.717, 1.165) is 22.5 Å². The molecule has 4 rings (SSSR count). The number of hydrogen-bond donors (Lipinski definition) is 1. The second-order valence-corrected chi connectivity index (χ2v) is 7.05. The number of hydrogen-bond acceptors (Lipinski definition) is 2. The van der Waals surface area contributed by atoms with Gasteiger partial charge in [0.15, 0.2) is 6.54 Å². The first kappa shape index (κ1) is 16.7. The Morgan fingerprint density at radius 3 is 1.73 bits per heavy atom. The maximum Gasteiger partial charge on any atom is 0.213 e. The monoisotopic (exact) mass is 358 g/mol. The third-order valence-electron chi connectivity index (χ3n) is 4.43. The van der Waals surface area contributed by atoms with Crippen molar-refractivity contribution >= 4 is 11.3 Å². The van der Waals surface area contributed by atoms with Gasteiger partial charge in [-0.05, 0) is 35.7 Å². The summed E-state index contributed by atoms with van der Waals surface area (Å²) in [5.74, 6) is 0. The minimum Gasteiger partial charge on any atom is -0.390 e. The van der Waals surface area contributed by atoms with Crippen molar-refractivity contribution < 1.29 is 9.67 Å². The molecule has 0 fully saturated rings. The van der Waals surface area contributed by atoms with E-state index < -0.39 is 0 Å². The number of thiophene rings is 1. The zero-order valence-electron chi connectivity index (χ0n) is 14.4. The summed E-state index contributed by atoms with van der Waals surface area (Å²) in [6.07, 6.45) is 0. The van der Waals surface area contributed by atoms with Gasteiger partial charge in [-0.25, -0.2) is 0 Å². The van der Waals surface area contributed by atoms with Gasteiger partial charge in [-0.3, -0.25) is 0 Å². The van der Waals surface area contributed by atoms with Crippen LogP contribution >= 0.6 is 11.3 Å². The predicted octanol–water partition coefficient (Wildman–Crippen LogP) is 5.03. The largest absolute Gasteiger partial charge is 0.390 e. The molecular formula is C23H20NOS+. The Bertz CT molecular complexity index is 919. The first-order valence-corrected chi connectivity index (χ1v) is 9.58. The zero-order valence-corrected chi connectivity index (χ0v) is 15.2. The number of aliphatic hydroxyl groups excluding tert-OH is 1. The van der Waals surface area contributed by atoms with Crippen LogP contribution in [0.1, 0.15) is 0 Å². The zero-order chi connectivity index (χ0) is 17.8. The molecule has 0 spiro atoms. The van der Waals surface area contributed by atoms with E-state index in [-0.39, 0.29) is 6.61 Å². The van der Waals surface area contributed by atoms with Crippen molar-refractivity contribution in [3.8, 4) is 33.0 Å². The topological polar surface area (TPSA) is 24.1 Å². The Balaban J connectivity index is 2.01. The van der Waals surface area contributed by atoms with Crippen LogP contribution in [0.5, 0.6) is 0 Å². The van der Waals surface area contributed by atoms with Gasteiger partial charge in [0, 0.05) is 33.7 Å². The Morgan fingerprint density at radius 2 is 1.27 bits per heavy atom. The van der Waals surface area contributed by atoms with Crippen LogP contribution in [0.2, 0.25) is 0 Å². The maximum absolute atomic E-state index is 9.70. The lowest BCUT2D eigenvalue weighted by Crippen LogP contribution is -2.40. The lowest BCUT2D eigenvalue weighted by Gasteiger charge is -2.11. The van der Waals surface area contributed by atoms with E-state index in [0.29, 0.717) is 6.54 Å². The summed E-state index contributed by atoms with van der Waals surface area (Å²) in [5, 5.41) is 11.8. The summed E-state index contributed by atoms with van der Waals surface area (Å²) in [6, 6.07) is 29.4. The molecule has 2 aromatic carbocycles. The third kappa shape index (κ3) is 3.32. The molecule has 0 atom stereocenters. The van der Waals surface area contributed by atoms with Crippen LogP contribution in [0.15, 0.2) is 90.3 Å². The first-order valence-electron chi connectivity index (χ1n) is 8.70. The Kier molecular flexibility index (Phi) is 4.91. The quantitative estimate of drug-likeness (QED) is 0.497. The van der Waals surface area contributed by atoms with E-state index in [2.05, 4.69) is 82.7 Å². The standard InChI is InChI=1S/C23H20NOS/c25-14-13-24-21(18-8-3-1-4-9-18)16-20(23-12-7-15-26-23)17-22(24)19-10-5-2-6-11-19/h1-12,15-17,25H,13-14H2/q+1. The molecule has 128 valence electrons. The van der Waals surface area contributed by atoms with Crippen molar-refractivity contribution in [3.05, 3.63) is 90.3 Å². The molecule has 0 saturated carbocycles. The van der Waals surface area contributed by atoms with Crippen molar-refractivity contribution in [3.63, 3.8) is 0 Å². The predicted molar refractivity (Wildman–Crippen MR) is 108 cm³/mol. The van der Waals surface area contributed by atoms with E-state index >= 15 is 0 Å². The normalized spacial score (nSPS) is 10.8. The molecule has 2 aromatic heterocycles. The van der Waals surface area contributed by atoms with Crippen molar-refractivity contribution in [2.45, 2.75) is 6.54 Å². The Labute approximate surface area is 157 Å². The first-order chi connectivity index (χ1) is 12.9. The summed E-state index contributed by atoms with van der Waals surface area (Å²) in [5.41, 5.74) is 5.73. The van der Waals surface area contributed by atoms with Crippen molar-refractivity contribution in [1.82, 2.24) is 0 Å². The molecular weight excluding hydrogens is 338 g/mol. The van der Waals surface area contributed by atoms with Gasteiger partial charge in [0.05, 0.1) is 0 Å². The van der Waals surface area contributed by atoms with E-state index in [1.165, 1.54) is 10.4 Å². The lowest BCUT2D eigenvalue weighted by atomic mass is 10.0. The van der Waals surface area contributed by atoms with Crippen LogP contribution in [0.4, 0.5) is 0 Å². The van der Waals surface area contributed by atoms with Gasteiger partial charge < -0.3 is 5.11 Å². The minimum absolute atomic E-state index is 0.0999. The molecule has 4 aromatic rings. The highest BCUT2D eigenvalue weighted by Gasteiger charge is 2.22. The molecule has 0 bridgehead atoms. The Hall–Kier alpha value is -2.75. The second kappa shape index (κ2) is 7.65. The van der Waals surface area contributed by atoms with Crippen LogP contribution in [0, 0.1) is 0 Å². The van der Waals surface area contributed by atoms with Crippen LogP contribution in [-0.4, -0.2) is 11.7 Å². The van der Waals surface area contributed by atoms with Gasteiger partial charge in [0.2, 0.25) is 11.4 Å². The molecule has 2 nitrogen and oxygen atoms in total. The average molecular weight is 358 g/mol. The fourth-order valence-electron chi connectivity index (χ4n) is 3.24. The fraction of sp³-hybridized carbons (Fsp3) is 0.0870. The van der Waals surface area contributed by atoms with Gasteiger partial charge in [0.1, 0.15) is 6.61 Å². The fourth-order valence-corrected chi connectivity index (χ4v) is 3.96. The van der Waals surface area contributed by atoms with Crippen LogP contribution in [0.25, 0.3) is 33.0 Å². The molecule has 1 N–H and O–H groups in total. The molecule has 2 heterocycles. The second-order valence-electron chi connectivity index (χ2n) is 6.10. The molecule has 0 radical (unpaired) electrons. The van der Waals surface area contributed by atoms with Gasteiger partial charge in [-0.1, -0.05) is 42.5 Å². The molecule has 26 heavy (non-hydrogen) atoms. The summed E-state index contributed by atoms with van der Waals surface area (Å²) in [4.78, 5) is 1.25. The number of pyridine rings is 1. The van der Waals surface area contributed by atoms with Gasteiger partial charge in [-0.2, -0.15) is 4.57 Å². The molecule has 0 saturated heterocycles. The van der Waals surface area contributed by atoms with Crippen LogP contribution in [0.3, 0.4) is 0 Å². The molecule has 0 aliphatic carbocycles. The van der Waals surface area contributed by atoms with Gasteiger partial charge in [0.25, 0.3) is 0 Å². The number of benzene rings is 2. The highest BCUT2D eigenvalue weighted by Crippen LogP contribution is 2.31. The summed E-state index contributed by atoms with van der Waals surface area (Å²) < 4.78 is 2.21. The number of rotatable bonds is 5. The lowest BCUT2D eigenvalue weighted by molar-refractivity contribution is -0.676. The van der Waals surface area contributed by atoms with Crippen LogP contribution in [-0.2, 0) is 6.54 Å². The van der Waals surface area contributed by atoms with E-state index in [4.69, 9.17) is 0 Å². The van der Waals surface area contributed by atoms with Crippen molar-refractivity contribution in [2.75, 3.05) is 6.61 Å². The molecule has 0 unspecified atom stereocenters. The van der Waals surface area contributed by atoms with Gasteiger partial charge >= 0.3 is 0 Å². The van der Waals surface area contributed by atoms with E-state index in [9.17, 15) is 5.11 Å². The van der Waals surface area contributed by atoms with Crippen molar-refractivity contribution in [2.24, 2.45) is 0 Å². The SMILES string of the molecule is OCC[n+]1c(-c2ccccc2)cc(-c2cccs2)cc1-c1ccccc1. The molecule has 3 heteroatoms. The highest BCUT2D eigenvalue weighted by atomic mass is 32.1. The molecule has 0 amide bonds. The summed E-state index contributed by atoms with van der Waals surface area (Å²) in [6.45, 7) is 0.655. The van der Waals surface area contributed by atoms with Crippen LogP contribution < -0.4 is 4.57 Å². The molecule has 0 aliphatic rings. The number of nitrogens with zero attached hydrogens (tertiary/aromatic N) is 1.